The van der Waals surface area contributed by atoms with Gasteiger partial charge in [-0.15, -0.1) is 0 Å². The van der Waals surface area contributed by atoms with Gasteiger partial charge in [0.25, 0.3) is 0 Å². The maximum absolute atomic E-state index is 11.7. The summed E-state index contributed by atoms with van der Waals surface area (Å²) in [6, 6.07) is 8.10. The molecular weight excluding hydrogens is 382 g/mol. The number of aryl methyl sites for hydroxylation is 2. The van der Waals surface area contributed by atoms with Crippen LogP contribution in [0.3, 0.4) is 0 Å². The summed E-state index contributed by atoms with van der Waals surface area (Å²) in [6.07, 6.45) is 3.90. The molecule has 1 aliphatic rings. The second-order valence-corrected chi connectivity index (χ2v) is 7.75. The molecule has 2 atom stereocenters. The van der Waals surface area contributed by atoms with Gasteiger partial charge in [-0.2, -0.15) is 0 Å². The zero-order valence-electron chi connectivity index (χ0n) is 18.1. The summed E-state index contributed by atoms with van der Waals surface area (Å²) in [6.45, 7) is 10.4. The molecule has 162 valence electrons. The van der Waals surface area contributed by atoms with Crippen LogP contribution in [0, 0.1) is 13.8 Å². The summed E-state index contributed by atoms with van der Waals surface area (Å²) >= 11 is 0. The molecule has 3 rings (SSSR count). The summed E-state index contributed by atoms with van der Waals surface area (Å²) in [5.74, 6) is 1.00. The lowest BCUT2D eigenvalue weighted by molar-refractivity contribution is -0.139. The number of oxazole rings is 1. The van der Waals surface area contributed by atoms with Gasteiger partial charge in [0.05, 0.1) is 37.6 Å². The predicted octanol–water partition coefficient (Wildman–Crippen LogP) is 4.92. The minimum Gasteiger partial charge on any atom is -0.463 e. The van der Waals surface area contributed by atoms with Crippen LogP contribution in [0.5, 0.6) is 0 Å². The largest absolute Gasteiger partial charge is 0.463 e. The van der Waals surface area contributed by atoms with E-state index in [1.807, 2.05) is 32.0 Å². The first-order valence-electron chi connectivity index (χ1n) is 10.6. The van der Waals surface area contributed by atoms with E-state index in [2.05, 4.69) is 17.6 Å². The van der Waals surface area contributed by atoms with Gasteiger partial charge in [0.1, 0.15) is 11.5 Å². The van der Waals surface area contributed by atoms with Crippen LogP contribution in [0.4, 0.5) is 0 Å². The van der Waals surface area contributed by atoms with Crippen molar-refractivity contribution in [2.45, 2.75) is 65.3 Å². The molecule has 6 heteroatoms. The maximum Gasteiger partial charge on any atom is 0.335 e. The maximum atomic E-state index is 11.7. The molecule has 1 aromatic heterocycles. The minimum absolute atomic E-state index is 0.0520. The zero-order valence-corrected chi connectivity index (χ0v) is 18.1. The van der Waals surface area contributed by atoms with Crippen LogP contribution < -0.4 is 0 Å². The molecule has 0 N–H and O–H groups in total. The lowest BCUT2D eigenvalue weighted by Crippen LogP contribution is -2.29. The summed E-state index contributed by atoms with van der Waals surface area (Å²) in [7, 11) is 0. The SMILES string of the molecule is C=C(CO[C@@H]1CCC[C@H](OCc2nc(-c3cccc(C)c3)oc2C)C1)C(=O)OCC. The number of esters is 1. The van der Waals surface area contributed by atoms with Gasteiger partial charge < -0.3 is 18.6 Å². The average molecular weight is 414 g/mol. The Labute approximate surface area is 178 Å². The van der Waals surface area contributed by atoms with Crippen molar-refractivity contribution in [3.63, 3.8) is 0 Å². The van der Waals surface area contributed by atoms with Crippen LogP contribution in [-0.4, -0.2) is 36.4 Å². The Balaban J connectivity index is 1.50. The second kappa shape index (κ2) is 10.5. The monoisotopic (exact) mass is 413 g/mol. The van der Waals surface area contributed by atoms with Crippen LogP contribution in [-0.2, 0) is 25.6 Å². The first kappa shape index (κ1) is 22.2. The molecule has 1 fully saturated rings. The topological polar surface area (TPSA) is 70.8 Å². The molecule has 6 nitrogen and oxygen atoms in total. The average Bonchev–Trinajstić information content (AvgIpc) is 3.11. The molecule has 0 saturated heterocycles. The first-order valence-corrected chi connectivity index (χ1v) is 10.6. The van der Waals surface area contributed by atoms with Crippen molar-refractivity contribution in [1.29, 1.82) is 0 Å². The Morgan fingerprint density at radius 1 is 1.23 bits per heavy atom. The quantitative estimate of drug-likeness (QED) is 0.429. The fourth-order valence-corrected chi connectivity index (χ4v) is 3.58. The number of benzene rings is 1. The van der Waals surface area contributed by atoms with Gasteiger partial charge in [-0.25, -0.2) is 9.78 Å². The van der Waals surface area contributed by atoms with Crippen molar-refractivity contribution < 1.29 is 23.4 Å². The van der Waals surface area contributed by atoms with E-state index in [0.29, 0.717) is 24.7 Å². The third-order valence-corrected chi connectivity index (χ3v) is 5.25. The molecule has 1 aliphatic carbocycles. The van der Waals surface area contributed by atoms with Gasteiger partial charge in [0.2, 0.25) is 5.89 Å². The fraction of sp³-hybridized carbons (Fsp3) is 0.500. The van der Waals surface area contributed by atoms with Crippen molar-refractivity contribution in [2.75, 3.05) is 13.2 Å². The highest BCUT2D eigenvalue weighted by Gasteiger charge is 2.25. The summed E-state index contributed by atoms with van der Waals surface area (Å²) in [4.78, 5) is 16.3. The van der Waals surface area contributed by atoms with Gasteiger partial charge in [-0.1, -0.05) is 24.3 Å². The van der Waals surface area contributed by atoms with Gasteiger partial charge in [-0.05, 0) is 58.6 Å². The zero-order chi connectivity index (χ0) is 21.5. The Morgan fingerprint density at radius 3 is 2.73 bits per heavy atom. The smallest absolute Gasteiger partial charge is 0.335 e. The van der Waals surface area contributed by atoms with Gasteiger partial charge in [0.15, 0.2) is 0 Å². The molecule has 2 aromatic rings. The standard InChI is InChI=1S/C24H31NO5/c1-5-27-24(26)17(3)14-28-20-10-7-11-21(13-20)29-15-22-18(4)30-23(25-22)19-9-6-8-16(2)12-19/h6,8-9,12,20-21H,3,5,7,10-11,13-15H2,1-2,4H3/t20-,21+/m1/s1. The van der Waals surface area contributed by atoms with Gasteiger partial charge in [0, 0.05) is 5.56 Å². The molecule has 1 saturated carbocycles. The fourth-order valence-electron chi connectivity index (χ4n) is 3.58. The molecular formula is C24H31NO5. The van der Waals surface area contributed by atoms with E-state index in [-0.39, 0.29) is 18.8 Å². The number of carbonyl (C=O) groups is 1. The number of hydrogen-bond donors (Lipinski definition) is 0. The first-order chi connectivity index (χ1) is 14.5. The number of carbonyl (C=O) groups excluding carboxylic acids is 1. The third kappa shape index (κ3) is 6.03. The highest BCUT2D eigenvalue weighted by atomic mass is 16.5. The summed E-state index contributed by atoms with van der Waals surface area (Å²) in [5, 5.41) is 0. The van der Waals surface area contributed by atoms with Crippen molar-refractivity contribution >= 4 is 5.97 Å². The van der Waals surface area contributed by atoms with Crippen molar-refractivity contribution in [2.24, 2.45) is 0 Å². The van der Waals surface area contributed by atoms with E-state index in [4.69, 9.17) is 18.6 Å². The van der Waals surface area contributed by atoms with Crippen molar-refractivity contribution in [1.82, 2.24) is 4.98 Å². The van der Waals surface area contributed by atoms with E-state index in [9.17, 15) is 4.79 Å². The number of ether oxygens (including phenoxy) is 3. The van der Waals surface area contributed by atoms with Crippen LogP contribution in [0.25, 0.3) is 11.5 Å². The van der Waals surface area contributed by atoms with Crippen LogP contribution in [0.1, 0.15) is 49.6 Å². The number of nitrogens with zero attached hydrogens (tertiary/aromatic N) is 1. The second-order valence-electron chi connectivity index (χ2n) is 7.75. The van der Waals surface area contributed by atoms with Crippen LogP contribution in [0.15, 0.2) is 40.8 Å². The molecule has 30 heavy (non-hydrogen) atoms. The summed E-state index contributed by atoms with van der Waals surface area (Å²) < 4.78 is 22.8. The van der Waals surface area contributed by atoms with Crippen molar-refractivity contribution in [3.05, 3.63) is 53.4 Å². The highest BCUT2D eigenvalue weighted by Crippen LogP contribution is 2.27. The minimum atomic E-state index is -0.396. The van der Waals surface area contributed by atoms with E-state index in [0.717, 1.165) is 42.7 Å². The van der Waals surface area contributed by atoms with Gasteiger partial charge >= 0.3 is 5.97 Å². The Kier molecular flexibility index (Phi) is 7.82. The normalized spacial score (nSPS) is 18.9. The number of aromatic nitrogens is 1. The van der Waals surface area contributed by atoms with E-state index < -0.39 is 5.97 Å². The Hall–Kier alpha value is -2.44. The van der Waals surface area contributed by atoms with Crippen LogP contribution >= 0.6 is 0 Å². The van der Waals surface area contributed by atoms with E-state index in [1.54, 1.807) is 6.92 Å². The predicted molar refractivity (Wildman–Crippen MR) is 114 cm³/mol. The Bertz CT molecular complexity index is 872. The third-order valence-electron chi connectivity index (χ3n) is 5.25. The highest BCUT2D eigenvalue weighted by molar-refractivity contribution is 5.87. The van der Waals surface area contributed by atoms with E-state index >= 15 is 0 Å². The Morgan fingerprint density at radius 2 is 2.00 bits per heavy atom. The lowest BCUT2D eigenvalue weighted by atomic mass is 9.95. The molecule has 0 unspecified atom stereocenters. The van der Waals surface area contributed by atoms with Gasteiger partial charge in [-0.3, -0.25) is 0 Å². The molecule has 0 bridgehead atoms. The van der Waals surface area contributed by atoms with Crippen LogP contribution in [0.2, 0.25) is 0 Å². The molecule has 0 amide bonds. The lowest BCUT2D eigenvalue weighted by Gasteiger charge is -2.29. The number of hydrogen-bond acceptors (Lipinski definition) is 6. The molecule has 0 radical (unpaired) electrons. The molecule has 1 heterocycles. The molecule has 0 spiro atoms. The van der Waals surface area contributed by atoms with Crippen molar-refractivity contribution in [3.8, 4) is 11.5 Å². The number of rotatable bonds is 9. The molecule has 1 aromatic carbocycles. The van der Waals surface area contributed by atoms with E-state index in [1.165, 1.54) is 5.56 Å². The summed E-state index contributed by atoms with van der Waals surface area (Å²) in [5.41, 5.74) is 3.31. The molecule has 0 aliphatic heterocycles.